The third-order valence-corrected chi connectivity index (χ3v) is 2.28. The number of rotatable bonds is 2. The SMILES string of the molecule is C/C(=C\Nc1ccccn1)C(C)(C)C. The molecule has 1 N–H and O–H groups in total. The second kappa shape index (κ2) is 4.27. The van der Waals surface area contributed by atoms with Gasteiger partial charge in [-0.2, -0.15) is 0 Å². The van der Waals surface area contributed by atoms with Gasteiger partial charge in [-0.3, -0.25) is 0 Å². The van der Waals surface area contributed by atoms with Gasteiger partial charge in [0, 0.05) is 12.4 Å². The first-order valence-corrected chi connectivity index (χ1v) is 4.85. The van der Waals surface area contributed by atoms with Gasteiger partial charge in [0.05, 0.1) is 0 Å². The highest BCUT2D eigenvalue weighted by molar-refractivity contribution is 5.37. The van der Waals surface area contributed by atoms with E-state index in [1.807, 2.05) is 24.4 Å². The summed E-state index contributed by atoms with van der Waals surface area (Å²) in [5.41, 5.74) is 1.52. The first-order chi connectivity index (χ1) is 6.50. The lowest BCUT2D eigenvalue weighted by Crippen LogP contribution is -2.08. The van der Waals surface area contributed by atoms with E-state index in [4.69, 9.17) is 0 Å². The van der Waals surface area contributed by atoms with Crippen molar-refractivity contribution < 1.29 is 0 Å². The zero-order valence-electron chi connectivity index (χ0n) is 9.33. The van der Waals surface area contributed by atoms with Gasteiger partial charge in [-0.25, -0.2) is 4.98 Å². The van der Waals surface area contributed by atoms with Crippen LogP contribution in [-0.4, -0.2) is 4.98 Å². The molecule has 14 heavy (non-hydrogen) atoms. The molecule has 0 bridgehead atoms. The molecule has 0 aromatic carbocycles. The Balaban J connectivity index is 2.65. The maximum absolute atomic E-state index is 4.18. The normalized spacial score (nSPS) is 12.7. The Morgan fingerprint density at radius 1 is 1.36 bits per heavy atom. The maximum Gasteiger partial charge on any atom is 0.129 e. The minimum atomic E-state index is 0.210. The molecule has 0 aliphatic carbocycles. The Morgan fingerprint density at radius 3 is 2.57 bits per heavy atom. The van der Waals surface area contributed by atoms with E-state index in [0.717, 1.165) is 5.82 Å². The maximum atomic E-state index is 4.18. The molecule has 1 aromatic heterocycles. The van der Waals surface area contributed by atoms with E-state index in [1.54, 1.807) is 6.20 Å². The van der Waals surface area contributed by atoms with Gasteiger partial charge in [0.1, 0.15) is 5.82 Å². The van der Waals surface area contributed by atoms with Crippen molar-refractivity contribution in [2.24, 2.45) is 5.41 Å². The Kier molecular flexibility index (Phi) is 3.28. The predicted octanol–water partition coefficient (Wildman–Crippen LogP) is 3.44. The van der Waals surface area contributed by atoms with E-state index in [0.29, 0.717) is 0 Å². The summed E-state index contributed by atoms with van der Waals surface area (Å²) in [7, 11) is 0. The standard InChI is InChI=1S/C12H18N2/c1-10(12(2,3)4)9-14-11-7-5-6-8-13-11/h5-9H,1-4H3,(H,13,14)/b10-9+. The zero-order valence-corrected chi connectivity index (χ0v) is 9.33. The summed E-state index contributed by atoms with van der Waals surface area (Å²) >= 11 is 0. The molecule has 0 saturated heterocycles. The minimum Gasteiger partial charge on any atom is -0.347 e. The van der Waals surface area contributed by atoms with Crippen molar-refractivity contribution in [3.63, 3.8) is 0 Å². The van der Waals surface area contributed by atoms with Crippen LogP contribution in [-0.2, 0) is 0 Å². The van der Waals surface area contributed by atoms with Crippen molar-refractivity contribution in [1.82, 2.24) is 4.98 Å². The monoisotopic (exact) mass is 190 g/mol. The Hall–Kier alpha value is -1.31. The zero-order chi connectivity index (χ0) is 10.6. The van der Waals surface area contributed by atoms with Crippen LogP contribution in [0.2, 0.25) is 0 Å². The number of hydrogen-bond donors (Lipinski definition) is 1. The molecule has 0 spiro atoms. The molecule has 76 valence electrons. The van der Waals surface area contributed by atoms with Crippen LogP contribution in [0.1, 0.15) is 27.7 Å². The molecule has 1 rings (SSSR count). The number of anilines is 1. The number of nitrogens with one attached hydrogen (secondary N) is 1. The van der Waals surface area contributed by atoms with E-state index in [9.17, 15) is 0 Å². The van der Waals surface area contributed by atoms with Crippen molar-refractivity contribution in [2.75, 3.05) is 5.32 Å². The number of pyridine rings is 1. The molecule has 0 aliphatic heterocycles. The fraction of sp³-hybridized carbons (Fsp3) is 0.417. The van der Waals surface area contributed by atoms with Crippen LogP contribution in [0.25, 0.3) is 0 Å². The highest BCUT2D eigenvalue weighted by atomic mass is 15.0. The molecule has 0 amide bonds. The lowest BCUT2D eigenvalue weighted by molar-refractivity contribution is 0.503. The fourth-order valence-corrected chi connectivity index (χ4v) is 0.847. The van der Waals surface area contributed by atoms with Gasteiger partial charge in [0.25, 0.3) is 0 Å². The average Bonchev–Trinajstić information content (AvgIpc) is 2.14. The number of hydrogen-bond acceptors (Lipinski definition) is 2. The van der Waals surface area contributed by atoms with Crippen LogP contribution in [0.4, 0.5) is 5.82 Å². The van der Waals surface area contributed by atoms with Crippen LogP contribution in [0.15, 0.2) is 36.2 Å². The molecule has 0 radical (unpaired) electrons. The molecule has 2 heteroatoms. The molecule has 1 heterocycles. The summed E-state index contributed by atoms with van der Waals surface area (Å²) in [6.07, 6.45) is 3.80. The molecular weight excluding hydrogens is 172 g/mol. The van der Waals surface area contributed by atoms with Crippen molar-refractivity contribution in [3.05, 3.63) is 36.2 Å². The van der Waals surface area contributed by atoms with Gasteiger partial charge < -0.3 is 5.32 Å². The van der Waals surface area contributed by atoms with Crippen LogP contribution in [0.3, 0.4) is 0 Å². The Bertz CT molecular complexity index is 307. The van der Waals surface area contributed by atoms with Gasteiger partial charge in [-0.15, -0.1) is 0 Å². The summed E-state index contributed by atoms with van der Waals surface area (Å²) in [6, 6.07) is 5.83. The average molecular weight is 190 g/mol. The molecular formula is C12H18N2. The summed E-state index contributed by atoms with van der Waals surface area (Å²) in [5.74, 6) is 0.885. The van der Waals surface area contributed by atoms with Gasteiger partial charge in [-0.05, 0) is 24.5 Å². The first-order valence-electron chi connectivity index (χ1n) is 4.85. The second-order valence-corrected chi connectivity index (χ2v) is 4.44. The van der Waals surface area contributed by atoms with E-state index in [2.05, 4.69) is 38.0 Å². The van der Waals surface area contributed by atoms with Gasteiger partial charge in [-0.1, -0.05) is 32.4 Å². The van der Waals surface area contributed by atoms with E-state index in [1.165, 1.54) is 5.57 Å². The fourth-order valence-electron chi connectivity index (χ4n) is 0.847. The lowest BCUT2D eigenvalue weighted by Gasteiger charge is -2.19. The molecule has 1 aromatic rings. The number of nitrogens with zero attached hydrogens (tertiary/aromatic N) is 1. The Labute approximate surface area is 86.1 Å². The molecule has 0 unspecified atom stereocenters. The summed E-state index contributed by atoms with van der Waals surface area (Å²) < 4.78 is 0. The predicted molar refractivity (Wildman–Crippen MR) is 61.1 cm³/mol. The number of aromatic nitrogens is 1. The summed E-state index contributed by atoms with van der Waals surface area (Å²) in [4.78, 5) is 4.18. The van der Waals surface area contributed by atoms with Crippen LogP contribution in [0.5, 0.6) is 0 Å². The Morgan fingerprint density at radius 2 is 2.07 bits per heavy atom. The largest absolute Gasteiger partial charge is 0.347 e. The third kappa shape index (κ3) is 3.21. The molecule has 0 atom stereocenters. The van der Waals surface area contributed by atoms with Gasteiger partial charge in [0.15, 0.2) is 0 Å². The number of allylic oxidation sites excluding steroid dienone is 1. The van der Waals surface area contributed by atoms with Crippen molar-refractivity contribution in [1.29, 1.82) is 0 Å². The lowest BCUT2D eigenvalue weighted by atomic mass is 9.88. The van der Waals surface area contributed by atoms with Gasteiger partial charge in [0.2, 0.25) is 0 Å². The summed E-state index contributed by atoms with van der Waals surface area (Å²) in [5, 5.41) is 3.18. The highest BCUT2D eigenvalue weighted by Gasteiger charge is 2.11. The molecule has 2 nitrogen and oxygen atoms in total. The van der Waals surface area contributed by atoms with Crippen molar-refractivity contribution in [2.45, 2.75) is 27.7 Å². The molecule has 0 fully saturated rings. The van der Waals surface area contributed by atoms with E-state index >= 15 is 0 Å². The van der Waals surface area contributed by atoms with Gasteiger partial charge >= 0.3 is 0 Å². The van der Waals surface area contributed by atoms with Crippen LogP contribution >= 0.6 is 0 Å². The van der Waals surface area contributed by atoms with Crippen molar-refractivity contribution in [3.8, 4) is 0 Å². The topological polar surface area (TPSA) is 24.9 Å². The van der Waals surface area contributed by atoms with E-state index < -0.39 is 0 Å². The summed E-state index contributed by atoms with van der Waals surface area (Å²) in [6.45, 7) is 8.70. The smallest absolute Gasteiger partial charge is 0.129 e. The molecule has 0 saturated carbocycles. The van der Waals surface area contributed by atoms with Crippen LogP contribution < -0.4 is 5.32 Å². The van der Waals surface area contributed by atoms with Crippen molar-refractivity contribution >= 4 is 5.82 Å². The van der Waals surface area contributed by atoms with E-state index in [-0.39, 0.29) is 5.41 Å². The second-order valence-electron chi connectivity index (χ2n) is 4.44. The third-order valence-electron chi connectivity index (χ3n) is 2.28. The van der Waals surface area contributed by atoms with Crippen LogP contribution in [0, 0.1) is 5.41 Å². The first kappa shape index (κ1) is 10.8. The molecule has 0 aliphatic rings. The minimum absolute atomic E-state index is 0.210. The highest BCUT2D eigenvalue weighted by Crippen LogP contribution is 2.23. The quantitative estimate of drug-likeness (QED) is 0.772.